The summed E-state index contributed by atoms with van der Waals surface area (Å²) >= 11 is 0. The van der Waals surface area contributed by atoms with E-state index in [-0.39, 0.29) is 23.0 Å². The molecule has 2 heterocycles. The summed E-state index contributed by atoms with van der Waals surface area (Å²) in [6.45, 7) is 3.98. The molecule has 1 aromatic heterocycles. The average molecular weight is 428 g/mol. The molecule has 156 valence electrons. The molecule has 0 saturated carbocycles. The van der Waals surface area contributed by atoms with Crippen molar-refractivity contribution < 1.29 is 17.6 Å². The number of hydrogen-bond donors (Lipinski definition) is 1. The number of benzene rings is 2. The van der Waals surface area contributed by atoms with Gasteiger partial charge in [0.1, 0.15) is 5.82 Å². The summed E-state index contributed by atoms with van der Waals surface area (Å²) in [7, 11) is -3.75. The highest BCUT2D eigenvalue weighted by Gasteiger charge is 2.34. The molecule has 4 rings (SSSR count). The van der Waals surface area contributed by atoms with Gasteiger partial charge in [-0.3, -0.25) is 9.78 Å². The van der Waals surface area contributed by atoms with Gasteiger partial charge in [-0.15, -0.1) is 0 Å². The van der Waals surface area contributed by atoms with Crippen LogP contribution in [0.3, 0.4) is 0 Å². The molecule has 30 heavy (non-hydrogen) atoms. The summed E-state index contributed by atoms with van der Waals surface area (Å²) in [5.41, 5.74) is 1.58. The fourth-order valence-corrected chi connectivity index (χ4v) is 5.44. The first-order valence-electron chi connectivity index (χ1n) is 9.68. The second kappa shape index (κ2) is 7.77. The maximum Gasteiger partial charge on any atom is 0.251 e. The summed E-state index contributed by atoms with van der Waals surface area (Å²) in [6, 6.07) is 9.14. The second-order valence-electron chi connectivity index (χ2n) is 7.59. The maximum atomic E-state index is 13.7. The van der Waals surface area contributed by atoms with Crippen LogP contribution in [0.2, 0.25) is 0 Å². The van der Waals surface area contributed by atoms with Gasteiger partial charge in [0.2, 0.25) is 10.0 Å². The van der Waals surface area contributed by atoms with Gasteiger partial charge in [-0.05, 0) is 55.0 Å². The Bertz CT molecular complexity index is 1240. The normalized spacial score (nSPS) is 17.4. The van der Waals surface area contributed by atoms with Crippen molar-refractivity contribution in [2.24, 2.45) is 0 Å². The molecule has 1 aliphatic rings. The van der Waals surface area contributed by atoms with Crippen molar-refractivity contribution in [3.8, 4) is 0 Å². The summed E-state index contributed by atoms with van der Waals surface area (Å²) in [6.07, 6.45) is 3.76. The molecule has 1 aliphatic heterocycles. The van der Waals surface area contributed by atoms with Crippen molar-refractivity contribution in [3.63, 3.8) is 0 Å². The minimum absolute atomic E-state index is 0.165. The minimum atomic E-state index is -3.75. The fraction of sp³-hybridized carbons (Fsp3) is 0.273. The van der Waals surface area contributed by atoms with Gasteiger partial charge in [0.15, 0.2) is 0 Å². The number of halogens is 1. The first kappa shape index (κ1) is 20.4. The standard InChI is InChI=1S/C22H22FN3O3S/c1-14-6-7-16(10-20(14)23)22(27)25-17-8-9-26(13-17)30(28,29)21-5-3-4-18-15(2)11-24-12-19(18)21/h3-7,10-12,17H,8-9,13H2,1-2H3,(H,25,27)/t17-/m0/s1. The Morgan fingerprint density at radius 3 is 2.70 bits per heavy atom. The summed E-state index contributed by atoms with van der Waals surface area (Å²) in [5, 5.41) is 4.25. The van der Waals surface area contributed by atoms with Gasteiger partial charge in [-0.2, -0.15) is 4.31 Å². The van der Waals surface area contributed by atoms with Crippen molar-refractivity contribution >= 4 is 26.7 Å². The van der Waals surface area contributed by atoms with Crippen LogP contribution < -0.4 is 5.32 Å². The highest BCUT2D eigenvalue weighted by molar-refractivity contribution is 7.89. The largest absolute Gasteiger partial charge is 0.348 e. The first-order chi connectivity index (χ1) is 14.3. The molecule has 1 N–H and O–H groups in total. The molecule has 0 aliphatic carbocycles. The number of aryl methyl sites for hydroxylation is 2. The second-order valence-corrected chi connectivity index (χ2v) is 9.50. The fourth-order valence-electron chi connectivity index (χ4n) is 3.75. The zero-order valence-corrected chi connectivity index (χ0v) is 17.5. The lowest BCUT2D eigenvalue weighted by molar-refractivity contribution is 0.0938. The molecule has 2 aromatic carbocycles. The monoisotopic (exact) mass is 427 g/mol. The van der Waals surface area contributed by atoms with E-state index < -0.39 is 21.7 Å². The summed E-state index contributed by atoms with van der Waals surface area (Å²) < 4.78 is 41.7. The number of carbonyl (C=O) groups is 1. The smallest absolute Gasteiger partial charge is 0.251 e. The van der Waals surface area contributed by atoms with Crippen LogP contribution in [0.1, 0.15) is 27.9 Å². The number of nitrogens with one attached hydrogen (secondary N) is 1. The molecule has 1 amide bonds. The summed E-state index contributed by atoms with van der Waals surface area (Å²) in [5.74, 6) is -0.860. The van der Waals surface area contributed by atoms with Crippen LogP contribution in [-0.4, -0.2) is 42.7 Å². The van der Waals surface area contributed by atoms with E-state index in [1.165, 1.54) is 10.4 Å². The number of nitrogens with zero attached hydrogens (tertiary/aromatic N) is 2. The van der Waals surface area contributed by atoms with Crippen LogP contribution in [0.4, 0.5) is 4.39 Å². The Balaban J connectivity index is 1.53. The lowest BCUT2D eigenvalue weighted by Gasteiger charge is -2.18. The Morgan fingerprint density at radius 2 is 1.93 bits per heavy atom. The van der Waals surface area contributed by atoms with E-state index in [4.69, 9.17) is 0 Å². The minimum Gasteiger partial charge on any atom is -0.348 e. The quantitative estimate of drug-likeness (QED) is 0.694. The number of pyridine rings is 1. The van der Waals surface area contributed by atoms with E-state index >= 15 is 0 Å². The van der Waals surface area contributed by atoms with E-state index in [1.807, 2.05) is 13.0 Å². The predicted octanol–water partition coefficient (Wildman–Crippen LogP) is 3.18. The van der Waals surface area contributed by atoms with E-state index in [0.717, 1.165) is 10.9 Å². The number of carbonyl (C=O) groups excluding carboxylic acids is 1. The Kier molecular flexibility index (Phi) is 5.29. The number of sulfonamides is 1. The predicted molar refractivity (Wildman–Crippen MR) is 112 cm³/mol. The first-order valence-corrected chi connectivity index (χ1v) is 11.1. The molecule has 8 heteroatoms. The van der Waals surface area contributed by atoms with Crippen molar-refractivity contribution in [1.82, 2.24) is 14.6 Å². The van der Waals surface area contributed by atoms with Crippen LogP contribution in [-0.2, 0) is 10.0 Å². The molecule has 1 atom stereocenters. The van der Waals surface area contributed by atoms with Crippen molar-refractivity contribution in [2.75, 3.05) is 13.1 Å². The van der Waals surface area contributed by atoms with Gasteiger partial charge in [0.05, 0.1) is 4.90 Å². The Labute approximate surface area is 174 Å². The Hall–Kier alpha value is -2.84. The Morgan fingerprint density at radius 1 is 1.13 bits per heavy atom. The van der Waals surface area contributed by atoms with Crippen LogP contribution in [0, 0.1) is 19.7 Å². The number of amides is 1. The third kappa shape index (κ3) is 3.68. The number of aromatic nitrogens is 1. The van der Waals surface area contributed by atoms with Crippen LogP contribution in [0.15, 0.2) is 53.7 Å². The molecule has 0 unspecified atom stereocenters. The van der Waals surface area contributed by atoms with Gasteiger partial charge in [-0.1, -0.05) is 18.2 Å². The maximum absolute atomic E-state index is 13.7. The molecule has 6 nitrogen and oxygen atoms in total. The topological polar surface area (TPSA) is 79.4 Å². The SMILES string of the molecule is Cc1ccc(C(=O)N[C@H]2CCN(S(=O)(=O)c3cccc4c(C)cncc34)C2)cc1F. The van der Waals surface area contributed by atoms with Crippen molar-refractivity contribution in [2.45, 2.75) is 31.2 Å². The van der Waals surface area contributed by atoms with Crippen LogP contribution >= 0.6 is 0 Å². The molecule has 1 saturated heterocycles. The summed E-state index contributed by atoms with van der Waals surface area (Å²) in [4.78, 5) is 16.8. The van der Waals surface area contributed by atoms with Gasteiger partial charge >= 0.3 is 0 Å². The molecular formula is C22H22FN3O3S. The lowest BCUT2D eigenvalue weighted by Crippen LogP contribution is -2.38. The van der Waals surface area contributed by atoms with Gasteiger partial charge in [0, 0.05) is 42.5 Å². The van der Waals surface area contributed by atoms with Crippen LogP contribution in [0.5, 0.6) is 0 Å². The molecule has 3 aromatic rings. The van der Waals surface area contributed by atoms with Gasteiger partial charge in [-0.25, -0.2) is 12.8 Å². The van der Waals surface area contributed by atoms with E-state index in [2.05, 4.69) is 10.3 Å². The zero-order chi connectivity index (χ0) is 21.5. The zero-order valence-electron chi connectivity index (χ0n) is 16.7. The molecule has 0 bridgehead atoms. The number of rotatable bonds is 4. The van der Waals surface area contributed by atoms with E-state index in [0.29, 0.717) is 23.9 Å². The molecular weight excluding hydrogens is 405 g/mol. The van der Waals surface area contributed by atoms with E-state index in [1.54, 1.807) is 43.6 Å². The highest BCUT2D eigenvalue weighted by Crippen LogP contribution is 2.29. The molecule has 1 fully saturated rings. The van der Waals surface area contributed by atoms with Crippen molar-refractivity contribution in [1.29, 1.82) is 0 Å². The number of hydrogen-bond acceptors (Lipinski definition) is 4. The third-order valence-corrected chi connectivity index (χ3v) is 7.42. The number of fused-ring (bicyclic) bond motifs is 1. The lowest BCUT2D eigenvalue weighted by atomic mass is 10.1. The van der Waals surface area contributed by atoms with Crippen LogP contribution in [0.25, 0.3) is 10.8 Å². The van der Waals surface area contributed by atoms with Gasteiger partial charge < -0.3 is 5.32 Å². The van der Waals surface area contributed by atoms with E-state index in [9.17, 15) is 17.6 Å². The third-order valence-electron chi connectivity index (χ3n) is 5.50. The average Bonchev–Trinajstić information content (AvgIpc) is 3.19. The highest BCUT2D eigenvalue weighted by atomic mass is 32.2. The molecule has 0 spiro atoms. The molecule has 0 radical (unpaired) electrons. The van der Waals surface area contributed by atoms with Crippen molar-refractivity contribution in [3.05, 3.63) is 71.3 Å². The van der Waals surface area contributed by atoms with Gasteiger partial charge in [0.25, 0.3) is 5.91 Å².